The average molecular weight is 305 g/mol. The molecule has 3 aromatic rings. The zero-order valence-corrected chi connectivity index (χ0v) is 13.0. The molecule has 0 saturated carbocycles. The normalized spacial score (nSPS) is 11.2. The van der Waals surface area contributed by atoms with Crippen molar-refractivity contribution in [3.63, 3.8) is 0 Å². The van der Waals surface area contributed by atoms with E-state index in [1.54, 1.807) is 6.21 Å². The van der Waals surface area contributed by atoms with E-state index >= 15 is 0 Å². The predicted molar refractivity (Wildman–Crippen MR) is 95.6 cm³/mol. The Balaban J connectivity index is 1.85. The van der Waals surface area contributed by atoms with Gasteiger partial charge in [-0.2, -0.15) is 5.10 Å². The number of fused-ring (bicyclic) bond motifs is 1. The number of aromatic nitrogens is 1. The summed E-state index contributed by atoms with van der Waals surface area (Å²) in [6.45, 7) is 2.95. The monoisotopic (exact) mass is 305 g/mol. The minimum Gasteiger partial charge on any atom is -0.369 e. The van der Waals surface area contributed by atoms with E-state index in [0.717, 1.165) is 17.5 Å². The number of aryl methyl sites for hydroxylation is 1. The Bertz CT molecular complexity index is 868. The molecule has 4 N–H and O–H groups in total. The molecule has 0 amide bonds. The van der Waals surface area contributed by atoms with E-state index < -0.39 is 0 Å². The van der Waals surface area contributed by atoms with Gasteiger partial charge in [-0.25, -0.2) is 0 Å². The van der Waals surface area contributed by atoms with Gasteiger partial charge in [0.15, 0.2) is 0 Å². The van der Waals surface area contributed by atoms with Crippen LogP contribution in [0.25, 0.3) is 10.9 Å². The third-order valence-electron chi connectivity index (χ3n) is 3.65. The fraction of sp³-hybridized carbons (Fsp3) is 0.111. The lowest BCUT2D eigenvalue weighted by atomic mass is 10.1. The van der Waals surface area contributed by atoms with Crippen molar-refractivity contribution in [1.29, 1.82) is 0 Å². The van der Waals surface area contributed by atoms with Crippen LogP contribution in [0.3, 0.4) is 0 Å². The van der Waals surface area contributed by atoms with Crippen LogP contribution in [-0.2, 0) is 6.54 Å². The van der Waals surface area contributed by atoms with E-state index in [1.165, 1.54) is 16.6 Å². The molecule has 0 saturated heterocycles. The minimum absolute atomic E-state index is 0.0495. The molecule has 116 valence electrons. The second-order valence-electron chi connectivity index (χ2n) is 5.52. The van der Waals surface area contributed by atoms with Crippen LogP contribution in [0.1, 0.15) is 16.7 Å². The molecule has 0 bridgehead atoms. The highest BCUT2D eigenvalue weighted by molar-refractivity contribution is 5.89. The first kappa shape index (κ1) is 14.8. The Morgan fingerprint density at radius 1 is 1.09 bits per heavy atom. The Morgan fingerprint density at radius 3 is 2.61 bits per heavy atom. The topological polar surface area (TPSA) is 81.7 Å². The molecule has 0 fully saturated rings. The van der Waals surface area contributed by atoms with Crippen LogP contribution in [0.5, 0.6) is 0 Å². The van der Waals surface area contributed by atoms with E-state index in [9.17, 15) is 0 Å². The number of hydrogen-bond donors (Lipinski definition) is 2. The Kier molecular flexibility index (Phi) is 4.10. The number of guanidine groups is 1. The largest absolute Gasteiger partial charge is 0.369 e. The summed E-state index contributed by atoms with van der Waals surface area (Å²) >= 11 is 0. The van der Waals surface area contributed by atoms with E-state index in [-0.39, 0.29) is 5.96 Å². The molecule has 23 heavy (non-hydrogen) atoms. The molecule has 0 aliphatic carbocycles. The molecule has 5 heteroatoms. The first-order valence-corrected chi connectivity index (χ1v) is 7.38. The summed E-state index contributed by atoms with van der Waals surface area (Å²) < 4.78 is 2.23. The van der Waals surface area contributed by atoms with Gasteiger partial charge in [-0.15, -0.1) is 5.10 Å². The van der Waals surface area contributed by atoms with Crippen molar-refractivity contribution in [2.75, 3.05) is 0 Å². The number of nitrogens with two attached hydrogens (primary N) is 2. The summed E-state index contributed by atoms with van der Waals surface area (Å²) in [5.41, 5.74) is 15.2. The van der Waals surface area contributed by atoms with Crippen molar-refractivity contribution in [2.24, 2.45) is 21.7 Å². The fourth-order valence-electron chi connectivity index (χ4n) is 2.49. The fourth-order valence-corrected chi connectivity index (χ4v) is 2.49. The van der Waals surface area contributed by atoms with Gasteiger partial charge in [0.25, 0.3) is 0 Å². The van der Waals surface area contributed by atoms with Crippen molar-refractivity contribution in [3.8, 4) is 0 Å². The Hall–Kier alpha value is -3.08. The highest BCUT2D eigenvalue weighted by Gasteiger charge is 2.02. The van der Waals surface area contributed by atoms with Gasteiger partial charge >= 0.3 is 0 Å². The summed E-state index contributed by atoms with van der Waals surface area (Å²) in [6.07, 6.45) is 3.73. The zero-order chi connectivity index (χ0) is 16.2. The molecule has 0 aliphatic heterocycles. The molecule has 2 aromatic carbocycles. The van der Waals surface area contributed by atoms with Gasteiger partial charge < -0.3 is 16.0 Å². The van der Waals surface area contributed by atoms with Crippen LogP contribution in [0.15, 0.2) is 64.9 Å². The molecule has 0 spiro atoms. The highest BCUT2D eigenvalue weighted by atomic mass is 15.3. The highest BCUT2D eigenvalue weighted by Crippen LogP contribution is 2.18. The molecule has 5 nitrogen and oxygen atoms in total. The molecule has 0 radical (unpaired) electrons. The molecule has 1 aromatic heterocycles. The van der Waals surface area contributed by atoms with Crippen molar-refractivity contribution in [1.82, 2.24) is 4.57 Å². The van der Waals surface area contributed by atoms with Gasteiger partial charge in [0.2, 0.25) is 5.96 Å². The maximum Gasteiger partial charge on any atom is 0.211 e. The molecule has 0 aliphatic rings. The van der Waals surface area contributed by atoms with E-state index in [0.29, 0.717) is 0 Å². The van der Waals surface area contributed by atoms with Crippen LogP contribution in [0.4, 0.5) is 0 Å². The van der Waals surface area contributed by atoms with Crippen LogP contribution in [0.2, 0.25) is 0 Å². The van der Waals surface area contributed by atoms with Crippen molar-refractivity contribution in [3.05, 3.63) is 71.4 Å². The lowest BCUT2D eigenvalue weighted by Gasteiger charge is -2.06. The SMILES string of the molecule is Cc1ccc(Cn2ccc3cc(C=NN=C(N)N)ccc32)cc1. The zero-order valence-electron chi connectivity index (χ0n) is 13.0. The summed E-state index contributed by atoms with van der Waals surface area (Å²) in [7, 11) is 0. The van der Waals surface area contributed by atoms with Crippen molar-refractivity contribution < 1.29 is 0 Å². The van der Waals surface area contributed by atoms with Crippen LogP contribution >= 0.6 is 0 Å². The third-order valence-corrected chi connectivity index (χ3v) is 3.65. The van der Waals surface area contributed by atoms with E-state index in [1.807, 2.05) is 6.07 Å². The second-order valence-corrected chi connectivity index (χ2v) is 5.52. The van der Waals surface area contributed by atoms with Crippen molar-refractivity contribution >= 4 is 23.1 Å². The number of rotatable bonds is 4. The summed E-state index contributed by atoms with van der Waals surface area (Å²) in [5, 5.41) is 8.60. The third kappa shape index (κ3) is 3.58. The second kappa shape index (κ2) is 6.36. The Morgan fingerprint density at radius 2 is 1.87 bits per heavy atom. The maximum atomic E-state index is 5.24. The standard InChI is InChI=1S/C18H19N5/c1-13-2-4-14(5-3-13)12-23-9-8-16-10-15(6-7-17(16)23)11-21-22-18(19)20/h2-11H,12H2,1H3,(H4,19,20,22). The average Bonchev–Trinajstić information content (AvgIpc) is 2.92. The molecular formula is C18H19N5. The molecule has 1 heterocycles. The van der Waals surface area contributed by atoms with Gasteiger partial charge in [-0.1, -0.05) is 35.9 Å². The number of hydrogen-bond acceptors (Lipinski definition) is 2. The number of nitrogens with zero attached hydrogens (tertiary/aromatic N) is 3. The van der Waals surface area contributed by atoms with Crippen molar-refractivity contribution in [2.45, 2.75) is 13.5 Å². The number of benzene rings is 2. The van der Waals surface area contributed by atoms with Gasteiger partial charge in [0.1, 0.15) is 0 Å². The summed E-state index contributed by atoms with van der Waals surface area (Å²) in [6, 6.07) is 16.8. The van der Waals surface area contributed by atoms with Gasteiger partial charge in [-0.3, -0.25) is 0 Å². The van der Waals surface area contributed by atoms with Gasteiger partial charge in [0.05, 0.1) is 6.21 Å². The molecule has 3 rings (SSSR count). The molecular weight excluding hydrogens is 286 g/mol. The maximum absolute atomic E-state index is 5.24. The van der Waals surface area contributed by atoms with Crippen LogP contribution in [-0.4, -0.2) is 16.7 Å². The molecule has 0 unspecified atom stereocenters. The predicted octanol–water partition coefficient (Wildman–Crippen LogP) is 2.61. The Labute approximate surface area is 134 Å². The summed E-state index contributed by atoms with van der Waals surface area (Å²) in [4.78, 5) is 0. The van der Waals surface area contributed by atoms with Gasteiger partial charge in [0, 0.05) is 23.6 Å². The van der Waals surface area contributed by atoms with Gasteiger partial charge in [-0.05, 0) is 36.2 Å². The quantitative estimate of drug-likeness (QED) is 0.441. The van der Waals surface area contributed by atoms with Crippen LogP contribution < -0.4 is 11.5 Å². The first-order chi connectivity index (χ1) is 11.1. The minimum atomic E-state index is -0.0495. The van der Waals surface area contributed by atoms with E-state index in [2.05, 4.69) is 70.4 Å². The van der Waals surface area contributed by atoms with Crippen LogP contribution in [0, 0.1) is 6.92 Å². The van der Waals surface area contributed by atoms with E-state index in [4.69, 9.17) is 11.5 Å². The first-order valence-electron chi connectivity index (χ1n) is 7.38. The smallest absolute Gasteiger partial charge is 0.211 e. The lowest BCUT2D eigenvalue weighted by molar-refractivity contribution is 0.836. The lowest BCUT2D eigenvalue weighted by Crippen LogP contribution is -2.21. The molecule has 0 atom stereocenters. The summed E-state index contributed by atoms with van der Waals surface area (Å²) in [5.74, 6) is -0.0495.